The van der Waals surface area contributed by atoms with Gasteiger partial charge in [-0.25, -0.2) is 4.79 Å². The van der Waals surface area contributed by atoms with Gasteiger partial charge in [0.05, 0.1) is 6.10 Å². The van der Waals surface area contributed by atoms with E-state index in [-0.39, 0.29) is 17.6 Å². The van der Waals surface area contributed by atoms with Crippen LogP contribution in [-0.2, 0) is 0 Å². The molecule has 2 saturated heterocycles. The van der Waals surface area contributed by atoms with Gasteiger partial charge in [0.15, 0.2) is 0 Å². The van der Waals surface area contributed by atoms with Crippen LogP contribution in [0.5, 0.6) is 0 Å². The number of likely N-dealkylation sites (tertiary alicyclic amines) is 2. The molecule has 2 heterocycles. The van der Waals surface area contributed by atoms with E-state index in [2.05, 4.69) is 21.2 Å². The molecular formula is C27H37N3O2. The molecule has 5 heteroatoms. The number of urea groups is 1. The minimum absolute atomic E-state index is 0.215. The fourth-order valence-corrected chi connectivity index (χ4v) is 9.97. The number of aliphatic hydroxyl groups is 1. The Hall–Kier alpha value is -1.33. The van der Waals surface area contributed by atoms with Crippen LogP contribution in [0.1, 0.15) is 64.2 Å². The number of hydrogen-bond donors (Lipinski definition) is 2. The summed E-state index contributed by atoms with van der Waals surface area (Å²) in [5.41, 5.74) is 3.78. The predicted molar refractivity (Wildman–Crippen MR) is 122 cm³/mol. The number of hydrogen-bond acceptors (Lipinski definition) is 3. The van der Waals surface area contributed by atoms with Crippen molar-refractivity contribution in [3.05, 3.63) is 23.3 Å². The van der Waals surface area contributed by atoms with Gasteiger partial charge in [0, 0.05) is 36.6 Å². The van der Waals surface area contributed by atoms with E-state index in [9.17, 15) is 9.90 Å². The van der Waals surface area contributed by atoms with Crippen LogP contribution >= 0.6 is 0 Å². The number of allylic oxidation sites excluding steroid dienone is 1. The summed E-state index contributed by atoms with van der Waals surface area (Å²) >= 11 is 0. The number of amides is 2. The first-order valence-electron chi connectivity index (χ1n) is 13.5. The summed E-state index contributed by atoms with van der Waals surface area (Å²) < 4.78 is 0. The van der Waals surface area contributed by atoms with Crippen LogP contribution in [0.3, 0.4) is 0 Å². The molecule has 0 aromatic rings. The minimum Gasteiger partial charge on any atom is -0.389 e. The van der Waals surface area contributed by atoms with Crippen molar-refractivity contribution in [3.8, 4) is 0 Å². The lowest BCUT2D eigenvalue weighted by molar-refractivity contribution is -0.128. The maximum absolute atomic E-state index is 13.2. The second-order valence-corrected chi connectivity index (χ2v) is 12.6. The Labute approximate surface area is 191 Å². The first kappa shape index (κ1) is 19.0. The molecule has 0 aromatic heterocycles. The molecule has 5 nitrogen and oxygen atoms in total. The highest BCUT2D eigenvalue weighted by molar-refractivity contribution is 5.76. The van der Waals surface area contributed by atoms with E-state index >= 15 is 0 Å². The van der Waals surface area contributed by atoms with Gasteiger partial charge in [0.25, 0.3) is 0 Å². The number of rotatable bonds is 3. The first-order valence-corrected chi connectivity index (χ1v) is 13.5. The van der Waals surface area contributed by atoms with E-state index in [0.29, 0.717) is 35.4 Å². The molecule has 2 aliphatic heterocycles. The topological polar surface area (TPSA) is 55.8 Å². The normalized spacial score (nSPS) is 48.7. The van der Waals surface area contributed by atoms with Crippen molar-refractivity contribution >= 4 is 6.03 Å². The number of aliphatic hydroxyl groups excluding tert-OH is 1. The molecule has 8 aliphatic rings. The Morgan fingerprint density at radius 3 is 2.84 bits per heavy atom. The lowest BCUT2D eigenvalue weighted by atomic mass is 9.42. The maximum Gasteiger partial charge on any atom is 0.317 e. The summed E-state index contributed by atoms with van der Waals surface area (Å²) in [5.74, 6) is 2.19. The van der Waals surface area contributed by atoms with Crippen LogP contribution in [0.25, 0.3) is 0 Å². The second kappa shape index (κ2) is 6.21. The maximum atomic E-state index is 13.2. The molecule has 6 fully saturated rings. The zero-order valence-electron chi connectivity index (χ0n) is 19.1. The Bertz CT molecular complexity index is 935. The van der Waals surface area contributed by atoms with Crippen LogP contribution < -0.4 is 5.32 Å². The third-order valence-corrected chi connectivity index (χ3v) is 11.2. The van der Waals surface area contributed by atoms with E-state index in [0.717, 1.165) is 31.7 Å². The number of nitrogens with zero attached hydrogens (tertiary/aromatic N) is 2. The molecule has 0 radical (unpaired) electrons. The average Bonchev–Trinajstić information content (AvgIpc) is 3.69. The third kappa shape index (κ3) is 2.30. The number of piperidine rings is 1. The molecule has 4 bridgehead atoms. The number of nitrogens with one attached hydrogen (secondary N) is 1. The molecular weight excluding hydrogens is 398 g/mol. The Balaban J connectivity index is 1.23. The average molecular weight is 436 g/mol. The Morgan fingerprint density at radius 1 is 1.16 bits per heavy atom. The summed E-state index contributed by atoms with van der Waals surface area (Å²) in [4.78, 5) is 18.4. The van der Waals surface area contributed by atoms with Gasteiger partial charge in [-0.3, -0.25) is 4.90 Å². The predicted octanol–water partition coefficient (Wildman–Crippen LogP) is 3.45. The Morgan fingerprint density at radius 2 is 2.03 bits per heavy atom. The molecule has 6 aliphatic carbocycles. The second-order valence-electron chi connectivity index (χ2n) is 12.6. The lowest BCUT2D eigenvalue weighted by Crippen LogP contribution is -2.68. The Kier molecular flexibility index (Phi) is 3.69. The van der Waals surface area contributed by atoms with Gasteiger partial charge in [-0.1, -0.05) is 17.7 Å². The van der Waals surface area contributed by atoms with E-state index < -0.39 is 0 Å². The summed E-state index contributed by atoms with van der Waals surface area (Å²) in [6.45, 7) is 3.50. The van der Waals surface area contributed by atoms with Crippen LogP contribution in [0.15, 0.2) is 23.3 Å². The monoisotopic (exact) mass is 435 g/mol. The smallest absolute Gasteiger partial charge is 0.317 e. The first-order chi connectivity index (χ1) is 15.6. The number of carbonyl (C=O) groups is 1. The lowest BCUT2D eigenvalue weighted by Gasteiger charge is -2.67. The molecule has 6 unspecified atom stereocenters. The molecule has 2 amide bonds. The largest absolute Gasteiger partial charge is 0.389 e. The fraction of sp³-hybridized carbons (Fsp3) is 0.815. The minimum atomic E-state index is -0.325. The molecule has 4 saturated carbocycles. The van der Waals surface area contributed by atoms with E-state index in [1.807, 2.05) is 6.08 Å². The summed E-state index contributed by atoms with van der Waals surface area (Å²) in [7, 11) is 0. The van der Waals surface area contributed by atoms with Gasteiger partial charge >= 0.3 is 6.03 Å². The highest BCUT2D eigenvalue weighted by Gasteiger charge is 2.76. The van der Waals surface area contributed by atoms with E-state index in [1.54, 1.807) is 11.1 Å². The van der Waals surface area contributed by atoms with Gasteiger partial charge in [-0.2, -0.15) is 0 Å². The highest BCUT2D eigenvalue weighted by atomic mass is 16.3. The van der Waals surface area contributed by atoms with Crippen molar-refractivity contribution in [2.24, 2.45) is 28.6 Å². The standard InChI is InChI=1S/C27H37N3O2/c31-20-6-3-17-11-23-26-8-7-22-24(18(13-26)15-30(22)25(32)28-19-4-5-19)27(26,21(17)12-20)9-10-29(23)14-16-1-2-16/h3,6,16,18-20,22-24,31H,1-2,4-5,7-15H2,(H,28,32)/t18-,20?,22?,23?,24?,26?,27?/m1/s1. The highest BCUT2D eigenvalue weighted by Crippen LogP contribution is 2.78. The zero-order chi connectivity index (χ0) is 21.2. The summed E-state index contributed by atoms with van der Waals surface area (Å²) in [6, 6.07) is 1.73. The molecule has 32 heavy (non-hydrogen) atoms. The molecule has 2 N–H and O–H groups in total. The quantitative estimate of drug-likeness (QED) is 0.714. The van der Waals surface area contributed by atoms with Crippen LogP contribution in [0.2, 0.25) is 0 Å². The van der Waals surface area contributed by atoms with Crippen molar-refractivity contribution in [2.75, 3.05) is 19.6 Å². The van der Waals surface area contributed by atoms with Crippen LogP contribution in [-0.4, -0.2) is 64.8 Å². The zero-order valence-corrected chi connectivity index (χ0v) is 19.1. The van der Waals surface area contributed by atoms with Crippen LogP contribution in [0.4, 0.5) is 4.79 Å². The van der Waals surface area contributed by atoms with Gasteiger partial charge in [0.1, 0.15) is 0 Å². The van der Waals surface area contributed by atoms with E-state index in [4.69, 9.17) is 0 Å². The fourth-order valence-electron chi connectivity index (χ4n) is 9.97. The summed E-state index contributed by atoms with van der Waals surface area (Å²) in [6.07, 6.45) is 16.3. The van der Waals surface area contributed by atoms with Gasteiger partial charge in [-0.15, -0.1) is 0 Å². The molecule has 0 spiro atoms. The van der Waals surface area contributed by atoms with Crippen molar-refractivity contribution < 1.29 is 9.90 Å². The van der Waals surface area contributed by atoms with Crippen LogP contribution in [0, 0.1) is 28.6 Å². The van der Waals surface area contributed by atoms with Crippen molar-refractivity contribution in [2.45, 2.75) is 88.4 Å². The van der Waals surface area contributed by atoms with Crippen molar-refractivity contribution in [3.63, 3.8) is 0 Å². The van der Waals surface area contributed by atoms with Gasteiger partial charge < -0.3 is 15.3 Å². The van der Waals surface area contributed by atoms with Crippen molar-refractivity contribution in [1.82, 2.24) is 15.1 Å². The van der Waals surface area contributed by atoms with Gasteiger partial charge in [0.2, 0.25) is 0 Å². The van der Waals surface area contributed by atoms with E-state index in [1.165, 1.54) is 58.0 Å². The van der Waals surface area contributed by atoms with Gasteiger partial charge in [-0.05, 0) is 99.5 Å². The molecule has 0 aromatic carbocycles. The summed E-state index contributed by atoms with van der Waals surface area (Å²) in [5, 5.41) is 14.0. The third-order valence-electron chi connectivity index (χ3n) is 11.2. The molecule has 7 atom stereocenters. The van der Waals surface area contributed by atoms with Crippen molar-refractivity contribution in [1.29, 1.82) is 0 Å². The number of carbonyl (C=O) groups excluding carboxylic acids is 1. The molecule has 172 valence electrons. The molecule has 8 rings (SSSR count). The SMILES string of the molecule is O=C(NC1CC1)N1C[C@H]2CC34CCC1C2C31CCN(CC2CC2)C4CC2=C1CC(O)C=C2.